The molecule has 0 saturated carbocycles. The first-order chi connectivity index (χ1) is 4.34. The van der Waals surface area contributed by atoms with E-state index >= 15 is 0 Å². The zero-order chi connectivity index (χ0) is 8.36. The molecular formula is C5H10Cl2O2Si. The molecule has 5 heteroatoms. The average Bonchev–Trinajstić information content (AvgIpc) is 1.60. The monoisotopic (exact) mass is 200 g/mol. The minimum atomic E-state index is -2.32. The first-order valence-electron chi connectivity index (χ1n) is 2.89. The van der Waals surface area contributed by atoms with Crippen LogP contribution in [0.2, 0.25) is 6.55 Å². The van der Waals surface area contributed by atoms with Gasteiger partial charge in [0.25, 0.3) is 6.69 Å². The smallest absolute Gasteiger partial charge is 0.302 e. The zero-order valence-corrected chi connectivity index (χ0v) is 8.66. The number of ether oxygens (including phenoxy) is 1. The van der Waals surface area contributed by atoms with Crippen LogP contribution in [0.4, 0.5) is 0 Å². The van der Waals surface area contributed by atoms with Gasteiger partial charge in [0, 0.05) is 6.92 Å². The molecule has 0 aliphatic rings. The molecule has 0 aliphatic heterocycles. The summed E-state index contributed by atoms with van der Waals surface area (Å²) in [5.41, 5.74) is -0.340. The maximum absolute atomic E-state index is 10.4. The summed E-state index contributed by atoms with van der Waals surface area (Å²) < 4.78 is 4.77. The van der Waals surface area contributed by atoms with Gasteiger partial charge in [0.15, 0.2) is 0 Å². The van der Waals surface area contributed by atoms with Gasteiger partial charge in [0.1, 0.15) is 5.73 Å². The van der Waals surface area contributed by atoms with Crippen molar-refractivity contribution < 1.29 is 9.53 Å². The molecule has 60 valence electrons. The Morgan fingerprint density at radius 1 is 1.60 bits per heavy atom. The van der Waals surface area contributed by atoms with E-state index in [1.54, 1.807) is 13.5 Å². The summed E-state index contributed by atoms with van der Waals surface area (Å²) in [6, 6.07) is 0. The molecule has 0 radical (unpaired) electrons. The van der Waals surface area contributed by atoms with Gasteiger partial charge in [-0.1, -0.05) is 0 Å². The van der Waals surface area contributed by atoms with Gasteiger partial charge in [0.05, 0.1) is 0 Å². The molecule has 0 aromatic rings. The fourth-order valence-corrected chi connectivity index (χ4v) is 0.993. The van der Waals surface area contributed by atoms with E-state index in [0.717, 1.165) is 0 Å². The van der Waals surface area contributed by atoms with Crippen LogP contribution in [0.1, 0.15) is 13.8 Å². The first kappa shape index (κ1) is 10.3. The first-order valence-corrected chi connectivity index (χ1v) is 7.49. The predicted octanol–water partition coefficient (Wildman–Crippen LogP) is 2.03. The minimum Gasteiger partial charge on any atom is -0.464 e. The van der Waals surface area contributed by atoms with Crippen molar-refractivity contribution in [3.8, 4) is 0 Å². The number of carbonyl (C=O) groups is 1. The highest BCUT2D eigenvalue weighted by Gasteiger charge is 2.32. The molecule has 0 aromatic heterocycles. The van der Waals surface area contributed by atoms with Crippen LogP contribution in [-0.2, 0) is 9.53 Å². The van der Waals surface area contributed by atoms with E-state index in [1.165, 1.54) is 6.92 Å². The number of esters is 1. The average molecular weight is 201 g/mol. The molecular weight excluding hydrogens is 191 g/mol. The molecule has 0 fully saturated rings. The third-order valence-electron chi connectivity index (χ3n) is 1.06. The Bertz CT molecular complexity index is 132. The summed E-state index contributed by atoms with van der Waals surface area (Å²) in [7, 11) is 0. The Labute approximate surface area is 70.9 Å². The highest BCUT2D eigenvalue weighted by Crippen LogP contribution is 2.20. The van der Waals surface area contributed by atoms with E-state index in [9.17, 15) is 4.79 Å². The lowest BCUT2D eigenvalue weighted by Crippen LogP contribution is -2.34. The molecule has 0 N–H and O–H groups in total. The van der Waals surface area contributed by atoms with Crippen molar-refractivity contribution in [3.05, 3.63) is 0 Å². The number of hydrogen-bond acceptors (Lipinski definition) is 2. The number of carbonyl (C=O) groups excluding carboxylic acids is 1. The molecule has 0 saturated heterocycles. The van der Waals surface area contributed by atoms with Gasteiger partial charge in [-0.15, -0.1) is 22.2 Å². The normalized spacial score (nSPS) is 14.5. The van der Waals surface area contributed by atoms with Crippen molar-refractivity contribution in [2.45, 2.75) is 26.1 Å². The minimum absolute atomic E-state index is 0.340. The van der Waals surface area contributed by atoms with Crippen molar-refractivity contribution in [2.75, 3.05) is 0 Å². The molecule has 0 amide bonds. The van der Waals surface area contributed by atoms with Crippen LogP contribution in [0.5, 0.6) is 0 Å². The SMILES string of the molecule is CC(=O)OC(C)[Si](C)(Cl)Cl. The van der Waals surface area contributed by atoms with Gasteiger partial charge in [-0.3, -0.25) is 4.79 Å². The van der Waals surface area contributed by atoms with E-state index in [1.807, 2.05) is 0 Å². The van der Waals surface area contributed by atoms with Crippen molar-refractivity contribution in [1.29, 1.82) is 0 Å². The Balaban J connectivity index is 3.85. The van der Waals surface area contributed by atoms with Crippen molar-refractivity contribution in [1.82, 2.24) is 0 Å². The van der Waals surface area contributed by atoms with E-state index in [2.05, 4.69) is 0 Å². The Morgan fingerprint density at radius 3 is 2.10 bits per heavy atom. The van der Waals surface area contributed by atoms with Crippen LogP contribution < -0.4 is 0 Å². The summed E-state index contributed by atoms with van der Waals surface area (Å²) in [6.07, 6.45) is 0. The van der Waals surface area contributed by atoms with E-state index in [-0.39, 0.29) is 11.7 Å². The van der Waals surface area contributed by atoms with Crippen LogP contribution in [0, 0.1) is 0 Å². The molecule has 1 atom stereocenters. The molecule has 0 rings (SSSR count). The predicted molar refractivity (Wildman–Crippen MR) is 44.6 cm³/mol. The van der Waals surface area contributed by atoms with Gasteiger partial charge >= 0.3 is 5.97 Å². The Kier molecular flexibility index (Phi) is 3.69. The second-order valence-corrected chi connectivity index (χ2v) is 10.2. The highest BCUT2D eigenvalue weighted by molar-refractivity contribution is 7.45. The third-order valence-corrected chi connectivity index (χ3v) is 4.45. The Hall–Kier alpha value is 0.267. The van der Waals surface area contributed by atoms with E-state index in [4.69, 9.17) is 26.9 Å². The van der Waals surface area contributed by atoms with Gasteiger partial charge in [-0.2, -0.15) is 0 Å². The Morgan fingerprint density at radius 2 is 2.00 bits per heavy atom. The second-order valence-electron chi connectivity index (χ2n) is 2.21. The van der Waals surface area contributed by atoms with Gasteiger partial charge in [-0.05, 0) is 13.5 Å². The largest absolute Gasteiger partial charge is 0.464 e. The summed E-state index contributed by atoms with van der Waals surface area (Å²) in [6.45, 7) is 2.43. The molecule has 0 spiro atoms. The van der Waals surface area contributed by atoms with Crippen molar-refractivity contribution >= 4 is 34.8 Å². The lowest BCUT2D eigenvalue weighted by atomic mass is 10.8. The third kappa shape index (κ3) is 4.14. The molecule has 10 heavy (non-hydrogen) atoms. The summed E-state index contributed by atoms with van der Waals surface area (Å²) in [5, 5.41) is 0. The second kappa shape index (κ2) is 3.60. The van der Waals surface area contributed by atoms with E-state index in [0.29, 0.717) is 0 Å². The molecule has 0 bridgehead atoms. The molecule has 0 aromatic carbocycles. The van der Waals surface area contributed by atoms with Crippen molar-refractivity contribution in [2.24, 2.45) is 0 Å². The standard InChI is InChI=1S/C5H10Cl2O2Si/c1-4(8)9-5(2)10(3,6)7/h5H,1-3H3. The maximum Gasteiger partial charge on any atom is 0.302 e. The van der Waals surface area contributed by atoms with Crippen LogP contribution in [0.25, 0.3) is 0 Å². The lowest BCUT2D eigenvalue weighted by molar-refractivity contribution is -0.142. The molecule has 1 unspecified atom stereocenters. The lowest BCUT2D eigenvalue weighted by Gasteiger charge is -2.18. The molecule has 0 aliphatic carbocycles. The summed E-state index contributed by atoms with van der Waals surface area (Å²) in [5.74, 6) is -0.340. The summed E-state index contributed by atoms with van der Waals surface area (Å²) in [4.78, 5) is 10.4. The van der Waals surface area contributed by atoms with Crippen LogP contribution in [-0.4, -0.2) is 18.4 Å². The van der Waals surface area contributed by atoms with Gasteiger partial charge in [-0.25, -0.2) is 0 Å². The highest BCUT2D eigenvalue weighted by atomic mass is 35.7. The van der Waals surface area contributed by atoms with Crippen LogP contribution in [0.15, 0.2) is 0 Å². The number of halogens is 2. The topological polar surface area (TPSA) is 26.3 Å². The van der Waals surface area contributed by atoms with E-state index < -0.39 is 6.69 Å². The van der Waals surface area contributed by atoms with Crippen LogP contribution in [0.3, 0.4) is 0 Å². The quantitative estimate of drug-likeness (QED) is 0.388. The molecule has 2 nitrogen and oxygen atoms in total. The molecule has 0 heterocycles. The van der Waals surface area contributed by atoms with Gasteiger partial charge in [0.2, 0.25) is 0 Å². The van der Waals surface area contributed by atoms with Crippen molar-refractivity contribution in [3.63, 3.8) is 0 Å². The summed E-state index contributed by atoms with van der Waals surface area (Å²) >= 11 is 11.5. The van der Waals surface area contributed by atoms with Crippen LogP contribution >= 0.6 is 22.2 Å². The number of rotatable bonds is 2. The fourth-order valence-electron chi connectivity index (χ4n) is 0.352. The maximum atomic E-state index is 10.4. The van der Waals surface area contributed by atoms with Gasteiger partial charge < -0.3 is 4.74 Å². The number of hydrogen-bond donors (Lipinski definition) is 0. The zero-order valence-electron chi connectivity index (χ0n) is 6.15. The fraction of sp³-hybridized carbons (Fsp3) is 0.800.